The molecule has 1 aliphatic carbocycles. The molecule has 122 valence electrons. The molecule has 3 rings (SSSR count). The summed E-state index contributed by atoms with van der Waals surface area (Å²) in [5.74, 6) is 1.99. The number of nitrogens with two attached hydrogens (primary N) is 1. The van der Waals surface area contributed by atoms with Crippen molar-refractivity contribution in [1.82, 2.24) is 9.97 Å². The van der Waals surface area contributed by atoms with Crippen LogP contribution in [0.4, 0.5) is 0 Å². The molecule has 1 aromatic rings. The average molecular weight is 331 g/mol. The van der Waals surface area contributed by atoms with Gasteiger partial charge in [-0.2, -0.15) is 0 Å². The van der Waals surface area contributed by atoms with Gasteiger partial charge in [-0.25, -0.2) is 9.97 Å². The average Bonchev–Trinajstić information content (AvgIpc) is 2.86. The van der Waals surface area contributed by atoms with Gasteiger partial charge >= 0.3 is 0 Å². The van der Waals surface area contributed by atoms with E-state index >= 15 is 0 Å². The molecule has 0 aromatic carbocycles. The van der Waals surface area contributed by atoms with Gasteiger partial charge in [0.05, 0.1) is 17.0 Å². The molecule has 1 saturated heterocycles. The summed E-state index contributed by atoms with van der Waals surface area (Å²) in [5, 5.41) is -0.0906. The fourth-order valence-corrected chi connectivity index (χ4v) is 4.02. The molecule has 1 aliphatic heterocycles. The SMILES string of the molecule is NCC1CCC(Cc2nccc(/C=C3\SC(=O)CC3=O)n2)CC1. The molecule has 2 fully saturated rings. The first-order chi connectivity index (χ1) is 11.1. The zero-order valence-corrected chi connectivity index (χ0v) is 13.8. The Morgan fingerprint density at radius 1 is 1.22 bits per heavy atom. The first-order valence-electron chi connectivity index (χ1n) is 8.11. The molecule has 0 spiro atoms. The Kier molecular flexibility index (Phi) is 5.23. The summed E-state index contributed by atoms with van der Waals surface area (Å²) in [7, 11) is 0. The Hall–Kier alpha value is -1.53. The number of carbonyl (C=O) groups excluding carboxylic acids is 2. The van der Waals surface area contributed by atoms with Crippen LogP contribution in [0.15, 0.2) is 17.2 Å². The first kappa shape index (κ1) is 16.3. The van der Waals surface area contributed by atoms with E-state index in [2.05, 4.69) is 9.97 Å². The Morgan fingerprint density at radius 2 is 1.96 bits per heavy atom. The van der Waals surface area contributed by atoms with E-state index in [1.807, 2.05) is 0 Å². The highest BCUT2D eigenvalue weighted by molar-refractivity contribution is 8.18. The highest BCUT2D eigenvalue weighted by Crippen LogP contribution is 2.31. The van der Waals surface area contributed by atoms with Gasteiger partial charge in [0.15, 0.2) is 5.78 Å². The van der Waals surface area contributed by atoms with Crippen molar-refractivity contribution in [1.29, 1.82) is 0 Å². The normalized spacial score (nSPS) is 26.9. The van der Waals surface area contributed by atoms with E-state index in [0.29, 0.717) is 22.4 Å². The lowest BCUT2D eigenvalue weighted by Gasteiger charge is -2.27. The van der Waals surface area contributed by atoms with Crippen molar-refractivity contribution < 1.29 is 9.59 Å². The molecule has 23 heavy (non-hydrogen) atoms. The minimum atomic E-state index is -0.111. The standard InChI is InChI=1S/C17H21N3O2S/c18-10-12-3-1-11(2-4-12)7-16-19-6-5-13(20-16)8-15-14(21)9-17(22)23-15/h5-6,8,11-12H,1-4,7,9-10,18H2/b15-8-. The molecule has 1 saturated carbocycles. The van der Waals surface area contributed by atoms with Crippen molar-refractivity contribution in [3.05, 3.63) is 28.7 Å². The number of thioether (sulfide) groups is 1. The molecule has 1 aromatic heterocycles. The molecule has 0 amide bonds. The van der Waals surface area contributed by atoms with Gasteiger partial charge in [-0.1, -0.05) is 0 Å². The second kappa shape index (κ2) is 7.36. The zero-order valence-electron chi connectivity index (χ0n) is 13.0. The highest BCUT2D eigenvalue weighted by Gasteiger charge is 2.26. The van der Waals surface area contributed by atoms with Crippen molar-refractivity contribution in [2.24, 2.45) is 17.6 Å². The Morgan fingerprint density at radius 3 is 2.61 bits per heavy atom. The third-order valence-corrected chi connectivity index (χ3v) is 5.52. The number of allylic oxidation sites excluding steroid dienone is 1. The summed E-state index contributed by atoms with van der Waals surface area (Å²) < 4.78 is 0. The Bertz CT molecular complexity index is 636. The number of aromatic nitrogens is 2. The predicted molar refractivity (Wildman–Crippen MR) is 90.4 cm³/mol. The van der Waals surface area contributed by atoms with Crippen LogP contribution >= 0.6 is 11.8 Å². The largest absolute Gasteiger partial charge is 0.330 e. The van der Waals surface area contributed by atoms with E-state index in [1.54, 1.807) is 18.3 Å². The molecule has 5 nitrogen and oxygen atoms in total. The van der Waals surface area contributed by atoms with Crippen molar-refractivity contribution in [3.63, 3.8) is 0 Å². The van der Waals surface area contributed by atoms with Crippen LogP contribution in [0.3, 0.4) is 0 Å². The van der Waals surface area contributed by atoms with E-state index < -0.39 is 0 Å². The van der Waals surface area contributed by atoms with Gasteiger partial charge in [0.2, 0.25) is 5.12 Å². The summed E-state index contributed by atoms with van der Waals surface area (Å²) >= 11 is 1.01. The number of rotatable bonds is 4. The van der Waals surface area contributed by atoms with Crippen LogP contribution in [0.5, 0.6) is 0 Å². The van der Waals surface area contributed by atoms with Gasteiger partial charge < -0.3 is 5.73 Å². The maximum absolute atomic E-state index is 11.7. The second-order valence-electron chi connectivity index (χ2n) is 6.31. The summed E-state index contributed by atoms with van der Waals surface area (Å²) in [5.41, 5.74) is 6.44. The van der Waals surface area contributed by atoms with Gasteiger partial charge in [-0.3, -0.25) is 9.59 Å². The summed E-state index contributed by atoms with van der Waals surface area (Å²) in [6, 6.07) is 1.78. The highest BCUT2D eigenvalue weighted by atomic mass is 32.2. The summed E-state index contributed by atoms with van der Waals surface area (Å²) in [4.78, 5) is 32.4. The topological polar surface area (TPSA) is 85.9 Å². The molecule has 6 heteroatoms. The lowest BCUT2D eigenvalue weighted by atomic mass is 9.80. The summed E-state index contributed by atoms with van der Waals surface area (Å²) in [6.07, 6.45) is 9.04. The van der Waals surface area contributed by atoms with Crippen LogP contribution in [-0.2, 0) is 16.0 Å². The molecular formula is C17H21N3O2S. The van der Waals surface area contributed by atoms with E-state index in [0.717, 1.165) is 30.6 Å². The van der Waals surface area contributed by atoms with Gasteiger partial charge in [0.1, 0.15) is 5.82 Å². The number of carbonyl (C=O) groups is 2. The number of hydrogen-bond acceptors (Lipinski definition) is 6. The van der Waals surface area contributed by atoms with E-state index in [9.17, 15) is 9.59 Å². The van der Waals surface area contributed by atoms with E-state index in [-0.39, 0.29) is 17.3 Å². The molecule has 0 radical (unpaired) electrons. The van der Waals surface area contributed by atoms with Gasteiger partial charge in [0, 0.05) is 12.6 Å². The maximum Gasteiger partial charge on any atom is 0.201 e. The van der Waals surface area contributed by atoms with Crippen LogP contribution in [0.2, 0.25) is 0 Å². The van der Waals surface area contributed by atoms with Gasteiger partial charge in [-0.15, -0.1) is 0 Å². The van der Waals surface area contributed by atoms with Crippen LogP contribution in [0.25, 0.3) is 6.08 Å². The first-order valence-corrected chi connectivity index (χ1v) is 8.93. The van der Waals surface area contributed by atoms with E-state index in [4.69, 9.17) is 5.73 Å². The third kappa shape index (κ3) is 4.26. The molecule has 2 aliphatic rings. The maximum atomic E-state index is 11.7. The molecular weight excluding hydrogens is 310 g/mol. The van der Waals surface area contributed by atoms with Gasteiger partial charge in [-0.05, 0) is 68.0 Å². The molecule has 0 bridgehead atoms. The van der Waals surface area contributed by atoms with Gasteiger partial charge in [0.25, 0.3) is 0 Å². The molecule has 2 heterocycles. The molecule has 2 N–H and O–H groups in total. The Labute approximate surface area is 140 Å². The quantitative estimate of drug-likeness (QED) is 0.673. The lowest BCUT2D eigenvalue weighted by Crippen LogP contribution is -2.22. The van der Waals surface area contributed by atoms with Crippen molar-refractivity contribution in [2.75, 3.05) is 6.54 Å². The fraction of sp³-hybridized carbons (Fsp3) is 0.529. The van der Waals surface area contributed by atoms with Crippen LogP contribution in [0, 0.1) is 11.8 Å². The second-order valence-corrected chi connectivity index (χ2v) is 7.41. The van der Waals surface area contributed by atoms with Crippen molar-refractivity contribution in [2.45, 2.75) is 38.5 Å². The number of nitrogens with zero attached hydrogens (tertiary/aromatic N) is 2. The van der Waals surface area contributed by atoms with Crippen LogP contribution < -0.4 is 5.73 Å². The van der Waals surface area contributed by atoms with Crippen LogP contribution in [0.1, 0.15) is 43.6 Å². The summed E-state index contributed by atoms with van der Waals surface area (Å²) in [6.45, 7) is 0.788. The zero-order chi connectivity index (χ0) is 16.2. The molecule has 0 unspecified atom stereocenters. The van der Waals surface area contributed by atoms with Crippen molar-refractivity contribution in [3.8, 4) is 0 Å². The van der Waals surface area contributed by atoms with Crippen molar-refractivity contribution >= 4 is 28.7 Å². The monoisotopic (exact) mass is 331 g/mol. The number of hydrogen-bond donors (Lipinski definition) is 1. The Balaban J connectivity index is 1.65. The smallest absolute Gasteiger partial charge is 0.201 e. The third-order valence-electron chi connectivity index (χ3n) is 4.58. The fourth-order valence-electron chi connectivity index (χ4n) is 3.20. The minimum absolute atomic E-state index is 0.00117. The minimum Gasteiger partial charge on any atom is -0.330 e. The lowest BCUT2D eigenvalue weighted by molar-refractivity contribution is -0.119. The van der Waals surface area contributed by atoms with E-state index in [1.165, 1.54) is 25.7 Å². The number of Topliss-reactive ketones (excluding diaryl/α,β-unsaturated/α-hetero) is 1. The molecule has 0 atom stereocenters. The number of ketones is 1. The predicted octanol–water partition coefficient (Wildman–Crippen LogP) is 2.36. The van der Waals surface area contributed by atoms with Crippen LogP contribution in [-0.4, -0.2) is 27.4 Å².